The minimum Gasteiger partial charge on any atom is -0.508 e. The molecule has 1 heterocycles. The fourth-order valence-corrected chi connectivity index (χ4v) is 3.73. The van der Waals surface area contributed by atoms with Crippen molar-refractivity contribution in [3.63, 3.8) is 0 Å². The molecule has 3 rings (SSSR count). The number of nitrogens with one attached hydrogen (secondary N) is 2. The number of rotatable bonds is 7. The number of phenols is 1. The lowest BCUT2D eigenvalue weighted by Crippen LogP contribution is -2.44. The number of guanidine groups is 1. The van der Waals surface area contributed by atoms with Gasteiger partial charge in [-0.05, 0) is 44.0 Å². The number of phenolic OH excluding ortho intramolecular Hbond substituents is 1. The number of benzene rings is 2. The molecule has 29 heavy (non-hydrogen) atoms. The van der Waals surface area contributed by atoms with Gasteiger partial charge in [-0.1, -0.05) is 30.3 Å². The zero-order valence-corrected chi connectivity index (χ0v) is 17.6. The summed E-state index contributed by atoms with van der Waals surface area (Å²) in [6.45, 7) is 7.44. The van der Waals surface area contributed by atoms with E-state index < -0.39 is 0 Å². The molecule has 0 bridgehead atoms. The van der Waals surface area contributed by atoms with Crippen LogP contribution in [0, 0.1) is 0 Å². The smallest absolute Gasteiger partial charge is 0.191 e. The van der Waals surface area contributed by atoms with Crippen LogP contribution >= 0.6 is 0 Å². The molecule has 0 saturated carbocycles. The Labute approximate surface area is 173 Å². The van der Waals surface area contributed by atoms with Crippen LogP contribution in [0.5, 0.6) is 11.5 Å². The molecule has 1 aliphatic rings. The Hall–Kier alpha value is -2.73. The van der Waals surface area contributed by atoms with E-state index in [0.717, 1.165) is 37.6 Å². The van der Waals surface area contributed by atoms with Gasteiger partial charge < -0.3 is 20.5 Å². The minimum absolute atomic E-state index is 0.230. The molecule has 0 aliphatic carbocycles. The average molecular weight is 397 g/mol. The molecule has 2 atom stereocenters. The third kappa shape index (κ3) is 5.87. The number of likely N-dealkylation sites (tertiary alicyclic amines) is 1. The Morgan fingerprint density at radius 2 is 2.03 bits per heavy atom. The van der Waals surface area contributed by atoms with Crippen LogP contribution in [0.15, 0.2) is 53.5 Å². The van der Waals surface area contributed by atoms with Gasteiger partial charge >= 0.3 is 0 Å². The lowest BCUT2D eigenvalue weighted by molar-refractivity contribution is 0.258. The van der Waals surface area contributed by atoms with Crippen LogP contribution in [0.4, 0.5) is 0 Å². The summed E-state index contributed by atoms with van der Waals surface area (Å²) in [5.74, 6) is 1.72. The van der Waals surface area contributed by atoms with E-state index in [1.54, 1.807) is 19.2 Å². The van der Waals surface area contributed by atoms with Crippen LogP contribution in [0.3, 0.4) is 0 Å². The summed E-state index contributed by atoms with van der Waals surface area (Å²) in [7, 11) is 1.62. The van der Waals surface area contributed by atoms with E-state index in [-0.39, 0.29) is 5.75 Å². The van der Waals surface area contributed by atoms with Gasteiger partial charge in [0, 0.05) is 37.3 Å². The fraction of sp³-hybridized carbons (Fsp3) is 0.435. The Morgan fingerprint density at radius 1 is 1.24 bits per heavy atom. The zero-order chi connectivity index (χ0) is 20.6. The first-order chi connectivity index (χ1) is 14.1. The van der Waals surface area contributed by atoms with Gasteiger partial charge in [0.15, 0.2) is 5.96 Å². The van der Waals surface area contributed by atoms with Crippen molar-refractivity contribution < 1.29 is 9.84 Å². The van der Waals surface area contributed by atoms with Crippen LogP contribution in [-0.4, -0.2) is 48.2 Å². The van der Waals surface area contributed by atoms with E-state index in [1.165, 1.54) is 5.56 Å². The third-order valence-corrected chi connectivity index (χ3v) is 5.31. The number of methoxy groups -OCH3 is 1. The molecule has 2 aromatic carbocycles. The van der Waals surface area contributed by atoms with Crippen LogP contribution in [0.2, 0.25) is 0 Å². The van der Waals surface area contributed by atoms with Gasteiger partial charge in [-0.25, -0.2) is 4.99 Å². The highest BCUT2D eigenvalue weighted by atomic mass is 16.5. The molecular formula is C23H32N4O2. The predicted octanol–water partition coefficient (Wildman–Crippen LogP) is 3.12. The molecular weight excluding hydrogens is 364 g/mol. The van der Waals surface area contributed by atoms with Crippen LogP contribution in [-0.2, 0) is 13.1 Å². The Morgan fingerprint density at radius 3 is 2.76 bits per heavy atom. The maximum absolute atomic E-state index is 10.1. The second-order valence-electron chi connectivity index (χ2n) is 7.53. The van der Waals surface area contributed by atoms with Gasteiger partial charge in [0.1, 0.15) is 11.5 Å². The first kappa shape index (κ1) is 21.0. The largest absolute Gasteiger partial charge is 0.508 e. The van der Waals surface area contributed by atoms with Gasteiger partial charge in [0.05, 0.1) is 13.7 Å². The molecule has 1 saturated heterocycles. The van der Waals surface area contributed by atoms with Gasteiger partial charge in [-0.3, -0.25) is 4.90 Å². The normalized spacial score (nSPS) is 19.9. The molecule has 0 amide bonds. The molecule has 1 aliphatic heterocycles. The summed E-state index contributed by atoms with van der Waals surface area (Å²) in [6, 6.07) is 16.7. The van der Waals surface area contributed by atoms with Gasteiger partial charge in [0.2, 0.25) is 0 Å². The van der Waals surface area contributed by atoms with E-state index in [9.17, 15) is 5.11 Å². The highest BCUT2D eigenvalue weighted by Gasteiger charge is 2.29. The molecule has 0 radical (unpaired) electrons. The number of hydrogen-bond acceptors (Lipinski definition) is 4. The molecule has 1 fully saturated rings. The van der Waals surface area contributed by atoms with Crippen molar-refractivity contribution in [1.29, 1.82) is 0 Å². The molecule has 0 spiro atoms. The van der Waals surface area contributed by atoms with Crippen molar-refractivity contribution in [2.24, 2.45) is 4.99 Å². The van der Waals surface area contributed by atoms with Crippen LogP contribution < -0.4 is 15.4 Å². The van der Waals surface area contributed by atoms with Gasteiger partial charge in [0.25, 0.3) is 0 Å². The summed E-state index contributed by atoms with van der Waals surface area (Å²) >= 11 is 0. The minimum atomic E-state index is 0.230. The number of nitrogens with zero attached hydrogens (tertiary/aromatic N) is 2. The maximum Gasteiger partial charge on any atom is 0.191 e. The van der Waals surface area contributed by atoms with Crippen molar-refractivity contribution in [3.8, 4) is 11.5 Å². The van der Waals surface area contributed by atoms with Crippen molar-refractivity contribution in [3.05, 3.63) is 59.7 Å². The molecule has 6 heteroatoms. The fourth-order valence-electron chi connectivity index (χ4n) is 3.73. The lowest BCUT2D eigenvalue weighted by Gasteiger charge is -2.21. The van der Waals surface area contributed by atoms with Crippen molar-refractivity contribution >= 4 is 5.96 Å². The van der Waals surface area contributed by atoms with E-state index >= 15 is 0 Å². The van der Waals surface area contributed by atoms with E-state index in [1.807, 2.05) is 6.07 Å². The monoisotopic (exact) mass is 396 g/mol. The summed E-state index contributed by atoms with van der Waals surface area (Å²) in [6.07, 6.45) is 1.07. The van der Waals surface area contributed by atoms with Crippen molar-refractivity contribution in [2.45, 2.75) is 45.4 Å². The Balaban J connectivity index is 1.62. The molecule has 156 valence electrons. The summed E-state index contributed by atoms with van der Waals surface area (Å²) < 4.78 is 5.25. The average Bonchev–Trinajstić information content (AvgIpc) is 3.06. The van der Waals surface area contributed by atoms with E-state index in [4.69, 9.17) is 4.74 Å². The number of ether oxygens (including phenoxy) is 1. The molecule has 3 N–H and O–H groups in total. The zero-order valence-electron chi connectivity index (χ0n) is 17.6. The van der Waals surface area contributed by atoms with E-state index in [2.05, 4.69) is 64.7 Å². The second-order valence-corrected chi connectivity index (χ2v) is 7.53. The molecule has 2 aromatic rings. The SMILES string of the molecule is CCNC(=NCc1cc(OC)ccc1O)NC1CC(C)N(Cc2ccccc2)C1. The number of aromatic hydroxyl groups is 1. The quantitative estimate of drug-likeness (QED) is 0.496. The van der Waals surface area contributed by atoms with Crippen LogP contribution in [0.1, 0.15) is 31.4 Å². The van der Waals surface area contributed by atoms with Crippen molar-refractivity contribution in [1.82, 2.24) is 15.5 Å². The summed E-state index contributed by atoms with van der Waals surface area (Å²) in [5, 5.41) is 17.0. The predicted molar refractivity (Wildman–Crippen MR) is 117 cm³/mol. The van der Waals surface area contributed by atoms with Gasteiger partial charge in [-0.2, -0.15) is 0 Å². The summed E-state index contributed by atoms with van der Waals surface area (Å²) in [4.78, 5) is 7.18. The first-order valence-electron chi connectivity index (χ1n) is 10.3. The Bertz CT molecular complexity index is 810. The summed E-state index contributed by atoms with van der Waals surface area (Å²) in [5.41, 5.74) is 2.08. The number of aliphatic imine (C=N–C) groups is 1. The van der Waals surface area contributed by atoms with Gasteiger partial charge in [-0.15, -0.1) is 0 Å². The standard InChI is InChI=1S/C23H32N4O2/c1-4-24-23(25-14-19-13-21(29-3)10-11-22(19)28)26-20-12-17(2)27(16-20)15-18-8-6-5-7-9-18/h5-11,13,17,20,28H,4,12,14-16H2,1-3H3,(H2,24,25,26). The number of hydrogen-bond donors (Lipinski definition) is 3. The highest BCUT2D eigenvalue weighted by Crippen LogP contribution is 2.24. The lowest BCUT2D eigenvalue weighted by atomic mass is 10.2. The first-order valence-corrected chi connectivity index (χ1v) is 10.3. The van der Waals surface area contributed by atoms with Crippen LogP contribution in [0.25, 0.3) is 0 Å². The molecule has 2 unspecified atom stereocenters. The Kier molecular flexibility index (Phi) is 7.36. The van der Waals surface area contributed by atoms with Crippen molar-refractivity contribution in [2.75, 3.05) is 20.2 Å². The highest BCUT2D eigenvalue weighted by molar-refractivity contribution is 5.80. The van der Waals surface area contributed by atoms with E-state index in [0.29, 0.717) is 24.4 Å². The second kappa shape index (κ2) is 10.2. The molecule has 6 nitrogen and oxygen atoms in total. The molecule has 0 aromatic heterocycles. The topological polar surface area (TPSA) is 69.1 Å². The maximum atomic E-state index is 10.1. The third-order valence-electron chi connectivity index (χ3n) is 5.31.